The van der Waals surface area contributed by atoms with Crippen LogP contribution in [0.1, 0.15) is 12.5 Å². The van der Waals surface area contributed by atoms with Gasteiger partial charge < -0.3 is 15.1 Å². The molecular weight excluding hydrogens is 489 g/mol. The Kier molecular flexibility index (Phi) is 8.06. The molecule has 0 radical (unpaired) electrons. The standard InChI is InChI=1S/C22H27N7.HI/c1-2-23-22(28-15-13-27(14-16-28)21-9-3-4-10-24-21)25-18-19-7-5-8-20(17-19)29-12-6-11-26-29;/h3-12,17H,2,13-16,18H2,1H3,(H,23,25);1H. The molecule has 2 aromatic heterocycles. The van der Waals surface area contributed by atoms with Crippen molar-refractivity contribution < 1.29 is 0 Å². The molecule has 1 saturated heterocycles. The van der Waals surface area contributed by atoms with Crippen molar-refractivity contribution in [1.82, 2.24) is 25.0 Å². The molecule has 1 aromatic carbocycles. The summed E-state index contributed by atoms with van der Waals surface area (Å²) in [4.78, 5) is 14.0. The number of benzene rings is 1. The van der Waals surface area contributed by atoms with Gasteiger partial charge in [-0.05, 0) is 42.8 Å². The Morgan fingerprint density at radius 3 is 2.60 bits per heavy atom. The number of nitrogens with zero attached hydrogens (tertiary/aromatic N) is 6. The first-order valence-corrected chi connectivity index (χ1v) is 10.1. The summed E-state index contributed by atoms with van der Waals surface area (Å²) in [6, 6.07) is 16.4. The average Bonchev–Trinajstić information content (AvgIpc) is 3.33. The van der Waals surface area contributed by atoms with Crippen LogP contribution in [0, 0.1) is 0 Å². The summed E-state index contributed by atoms with van der Waals surface area (Å²) in [5.41, 5.74) is 2.22. The zero-order valence-electron chi connectivity index (χ0n) is 17.2. The Morgan fingerprint density at radius 1 is 1.03 bits per heavy atom. The second-order valence-electron chi connectivity index (χ2n) is 6.95. The second-order valence-corrected chi connectivity index (χ2v) is 6.95. The molecule has 0 atom stereocenters. The lowest BCUT2D eigenvalue weighted by Crippen LogP contribution is -2.52. The van der Waals surface area contributed by atoms with Gasteiger partial charge >= 0.3 is 0 Å². The van der Waals surface area contributed by atoms with Gasteiger partial charge in [0.25, 0.3) is 0 Å². The van der Waals surface area contributed by atoms with E-state index in [1.165, 1.54) is 5.56 Å². The van der Waals surface area contributed by atoms with E-state index in [1.807, 2.05) is 35.3 Å². The van der Waals surface area contributed by atoms with Crippen molar-refractivity contribution in [2.45, 2.75) is 13.5 Å². The molecule has 0 saturated carbocycles. The Balaban J connectivity index is 0.00000256. The van der Waals surface area contributed by atoms with Crippen molar-refractivity contribution in [3.8, 4) is 5.69 Å². The minimum atomic E-state index is 0. The summed E-state index contributed by atoms with van der Waals surface area (Å²) < 4.78 is 1.87. The summed E-state index contributed by atoms with van der Waals surface area (Å²) in [6.45, 7) is 7.33. The monoisotopic (exact) mass is 517 g/mol. The molecule has 7 nitrogen and oxygen atoms in total. The Morgan fingerprint density at radius 2 is 1.90 bits per heavy atom. The molecule has 0 spiro atoms. The van der Waals surface area contributed by atoms with Crippen LogP contribution in [0.4, 0.5) is 5.82 Å². The van der Waals surface area contributed by atoms with E-state index in [0.717, 1.165) is 50.2 Å². The molecule has 0 amide bonds. The van der Waals surface area contributed by atoms with Crippen LogP contribution in [0.15, 0.2) is 72.1 Å². The maximum absolute atomic E-state index is 4.90. The molecule has 4 rings (SSSR count). The van der Waals surface area contributed by atoms with Gasteiger partial charge in [-0.2, -0.15) is 5.10 Å². The minimum absolute atomic E-state index is 0. The topological polar surface area (TPSA) is 61.6 Å². The Bertz CT molecular complexity index is 920. The number of aliphatic imine (C=N–C) groups is 1. The quantitative estimate of drug-likeness (QED) is 0.320. The normalized spacial score (nSPS) is 14.4. The first kappa shape index (κ1) is 22.1. The molecular formula is C22H28IN7. The number of pyridine rings is 1. The first-order valence-electron chi connectivity index (χ1n) is 10.1. The summed E-state index contributed by atoms with van der Waals surface area (Å²) in [5, 5.41) is 7.75. The highest BCUT2D eigenvalue weighted by Gasteiger charge is 2.20. The third-order valence-corrected chi connectivity index (χ3v) is 4.98. The summed E-state index contributed by atoms with van der Waals surface area (Å²) >= 11 is 0. The predicted molar refractivity (Wildman–Crippen MR) is 132 cm³/mol. The van der Waals surface area contributed by atoms with Gasteiger partial charge in [-0.25, -0.2) is 14.7 Å². The first-order chi connectivity index (χ1) is 14.3. The van der Waals surface area contributed by atoms with E-state index >= 15 is 0 Å². The number of anilines is 1. The van der Waals surface area contributed by atoms with Crippen LogP contribution in [0.2, 0.25) is 0 Å². The highest BCUT2D eigenvalue weighted by Crippen LogP contribution is 2.14. The molecule has 0 bridgehead atoms. The largest absolute Gasteiger partial charge is 0.357 e. The number of hydrogen-bond donors (Lipinski definition) is 1. The maximum atomic E-state index is 4.90. The third-order valence-electron chi connectivity index (χ3n) is 4.98. The zero-order valence-corrected chi connectivity index (χ0v) is 19.5. The number of nitrogens with one attached hydrogen (secondary N) is 1. The van der Waals surface area contributed by atoms with E-state index in [-0.39, 0.29) is 24.0 Å². The van der Waals surface area contributed by atoms with Gasteiger partial charge in [-0.15, -0.1) is 24.0 Å². The highest BCUT2D eigenvalue weighted by atomic mass is 127. The summed E-state index contributed by atoms with van der Waals surface area (Å²) in [6.07, 6.45) is 5.59. The lowest BCUT2D eigenvalue weighted by atomic mass is 10.2. The smallest absolute Gasteiger partial charge is 0.194 e. The SMILES string of the molecule is CCNC(=NCc1cccc(-n2cccn2)c1)N1CCN(c2ccccn2)CC1.I. The number of aromatic nitrogens is 3. The lowest BCUT2D eigenvalue weighted by molar-refractivity contribution is 0.371. The highest BCUT2D eigenvalue weighted by molar-refractivity contribution is 14.0. The van der Waals surface area contributed by atoms with Crippen molar-refractivity contribution >= 4 is 35.8 Å². The minimum Gasteiger partial charge on any atom is -0.357 e. The molecule has 3 aromatic rings. The van der Waals surface area contributed by atoms with Gasteiger partial charge in [0.15, 0.2) is 5.96 Å². The number of rotatable bonds is 5. The van der Waals surface area contributed by atoms with Crippen LogP contribution in [0.25, 0.3) is 5.69 Å². The molecule has 1 aliphatic rings. The van der Waals surface area contributed by atoms with E-state index in [1.54, 1.807) is 6.20 Å². The van der Waals surface area contributed by atoms with E-state index in [0.29, 0.717) is 6.54 Å². The van der Waals surface area contributed by atoms with Crippen molar-refractivity contribution in [2.24, 2.45) is 4.99 Å². The lowest BCUT2D eigenvalue weighted by Gasteiger charge is -2.37. The number of hydrogen-bond acceptors (Lipinski definition) is 4. The van der Waals surface area contributed by atoms with Gasteiger partial charge in [0.05, 0.1) is 12.2 Å². The molecule has 158 valence electrons. The Labute approximate surface area is 194 Å². The molecule has 1 fully saturated rings. The summed E-state index contributed by atoms with van der Waals surface area (Å²) in [7, 11) is 0. The van der Waals surface area contributed by atoms with Gasteiger partial charge in [0, 0.05) is 51.3 Å². The van der Waals surface area contributed by atoms with E-state index in [2.05, 4.69) is 62.5 Å². The number of halogens is 1. The van der Waals surface area contributed by atoms with Crippen LogP contribution < -0.4 is 10.2 Å². The Hall–Kier alpha value is -2.62. The average molecular weight is 517 g/mol. The second kappa shape index (κ2) is 11.0. The molecule has 1 N–H and O–H groups in total. The fourth-order valence-electron chi connectivity index (χ4n) is 3.50. The van der Waals surface area contributed by atoms with Crippen LogP contribution >= 0.6 is 24.0 Å². The van der Waals surface area contributed by atoms with Crippen LogP contribution in [0.3, 0.4) is 0 Å². The van der Waals surface area contributed by atoms with E-state index in [9.17, 15) is 0 Å². The van der Waals surface area contributed by atoms with E-state index in [4.69, 9.17) is 4.99 Å². The number of guanidine groups is 1. The van der Waals surface area contributed by atoms with Crippen molar-refractivity contribution in [3.05, 3.63) is 72.7 Å². The van der Waals surface area contributed by atoms with Crippen LogP contribution in [-0.4, -0.2) is 58.3 Å². The van der Waals surface area contributed by atoms with E-state index < -0.39 is 0 Å². The molecule has 0 aliphatic carbocycles. The van der Waals surface area contributed by atoms with Gasteiger partial charge in [0.2, 0.25) is 0 Å². The van der Waals surface area contributed by atoms with Crippen LogP contribution in [0.5, 0.6) is 0 Å². The fourth-order valence-corrected chi connectivity index (χ4v) is 3.50. The number of piperazine rings is 1. The summed E-state index contributed by atoms with van der Waals surface area (Å²) in [5.74, 6) is 2.02. The third kappa shape index (κ3) is 5.50. The molecule has 0 unspecified atom stereocenters. The van der Waals surface area contributed by atoms with Gasteiger partial charge in [0.1, 0.15) is 5.82 Å². The maximum Gasteiger partial charge on any atom is 0.194 e. The van der Waals surface area contributed by atoms with Crippen molar-refractivity contribution in [2.75, 3.05) is 37.6 Å². The van der Waals surface area contributed by atoms with Crippen molar-refractivity contribution in [1.29, 1.82) is 0 Å². The fraction of sp³-hybridized carbons (Fsp3) is 0.318. The zero-order chi connectivity index (χ0) is 19.9. The van der Waals surface area contributed by atoms with Gasteiger partial charge in [-0.1, -0.05) is 18.2 Å². The van der Waals surface area contributed by atoms with Crippen molar-refractivity contribution in [3.63, 3.8) is 0 Å². The molecule has 30 heavy (non-hydrogen) atoms. The van der Waals surface area contributed by atoms with Gasteiger partial charge in [-0.3, -0.25) is 0 Å². The molecule has 8 heteroatoms. The molecule has 3 heterocycles. The van der Waals surface area contributed by atoms with Crippen LogP contribution in [-0.2, 0) is 6.54 Å². The molecule has 1 aliphatic heterocycles. The predicted octanol–water partition coefficient (Wildman–Crippen LogP) is 3.17.